The number of alkyl halides is 3. The van der Waals surface area contributed by atoms with Gasteiger partial charge < -0.3 is 24.2 Å². The summed E-state index contributed by atoms with van der Waals surface area (Å²) in [5, 5.41) is 23.6. The summed E-state index contributed by atoms with van der Waals surface area (Å²) in [6, 6.07) is 14.1. The van der Waals surface area contributed by atoms with Crippen LogP contribution in [0.5, 0.6) is 23.0 Å². The molecule has 0 saturated carbocycles. The first-order chi connectivity index (χ1) is 24.3. The Labute approximate surface area is 292 Å². The van der Waals surface area contributed by atoms with Gasteiger partial charge in [0, 0.05) is 48.0 Å². The number of carbonyl (C=O) groups is 1. The number of benzene rings is 3. The Hall–Kier alpha value is -5.87. The van der Waals surface area contributed by atoms with E-state index in [0.717, 1.165) is 45.0 Å². The summed E-state index contributed by atoms with van der Waals surface area (Å²) in [7, 11) is -1.50. The van der Waals surface area contributed by atoms with E-state index in [1.54, 1.807) is 18.2 Å². The van der Waals surface area contributed by atoms with Crippen LogP contribution in [0.1, 0.15) is 22.7 Å². The van der Waals surface area contributed by atoms with Gasteiger partial charge in [-0.05, 0) is 54.6 Å². The Kier molecular flexibility index (Phi) is 9.46. The first-order valence-electron chi connectivity index (χ1n) is 14.8. The fraction of sp³-hybridized carbons (Fsp3) is 0.219. The number of amides is 1. The monoisotopic (exact) mass is 741 g/mol. The lowest BCUT2D eigenvalue weighted by Crippen LogP contribution is -2.50. The quantitative estimate of drug-likeness (QED) is 0.167. The molecule has 1 amide bonds. The molecule has 0 bridgehead atoms. The third kappa shape index (κ3) is 6.95. The Bertz CT molecular complexity index is 2230. The fourth-order valence-corrected chi connectivity index (χ4v) is 7.50. The van der Waals surface area contributed by atoms with Crippen molar-refractivity contribution >= 4 is 32.8 Å². The largest absolute Gasteiger partial charge is 0.497 e. The molecule has 0 radical (unpaired) electrons. The maximum Gasteiger partial charge on any atom is 0.416 e. The number of ether oxygens (including phenoxy) is 3. The van der Waals surface area contributed by atoms with Crippen molar-refractivity contribution in [2.45, 2.75) is 23.7 Å². The van der Waals surface area contributed by atoms with E-state index in [-0.39, 0.29) is 58.0 Å². The summed E-state index contributed by atoms with van der Waals surface area (Å²) >= 11 is 0.833. The van der Waals surface area contributed by atoms with E-state index in [1.807, 2.05) is 6.07 Å². The van der Waals surface area contributed by atoms with E-state index in [1.165, 1.54) is 49.6 Å². The molecule has 3 heterocycles. The van der Waals surface area contributed by atoms with Crippen LogP contribution in [0.4, 0.5) is 23.1 Å². The van der Waals surface area contributed by atoms with Crippen molar-refractivity contribution in [3.8, 4) is 40.3 Å². The molecule has 1 N–H and O–H groups in total. The number of rotatable bonds is 11. The topological polar surface area (TPSA) is 173 Å². The Balaban J connectivity index is 1.36. The van der Waals surface area contributed by atoms with Crippen LogP contribution in [0.3, 0.4) is 0 Å². The molecule has 0 atom stereocenters. The maximum atomic E-state index is 14.1. The zero-order valence-electron chi connectivity index (χ0n) is 26.6. The number of methoxy groups -OCH3 is 2. The van der Waals surface area contributed by atoms with Gasteiger partial charge in [0.25, 0.3) is 10.0 Å². The minimum Gasteiger partial charge on any atom is -0.497 e. The molecule has 0 aliphatic carbocycles. The molecule has 1 aliphatic heterocycles. The van der Waals surface area contributed by atoms with Crippen molar-refractivity contribution in [1.82, 2.24) is 24.0 Å². The smallest absolute Gasteiger partial charge is 0.416 e. The van der Waals surface area contributed by atoms with Crippen LogP contribution >= 0.6 is 11.5 Å². The van der Waals surface area contributed by atoms with Gasteiger partial charge in [0.05, 0.1) is 48.5 Å². The third-order valence-electron chi connectivity index (χ3n) is 7.98. The highest BCUT2D eigenvalue weighted by Gasteiger charge is 2.36. The fourth-order valence-electron chi connectivity index (χ4n) is 5.34. The lowest BCUT2D eigenvalue weighted by molar-refractivity contribution is -0.137. The highest BCUT2D eigenvalue weighted by molar-refractivity contribution is 7.93. The van der Waals surface area contributed by atoms with Gasteiger partial charge in [-0.25, -0.2) is 22.5 Å². The maximum absolute atomic E-state index is 14.1. The second-order valence-electron chi connectivity index (χ2n) is 11.0. The molecule has 0 spiro atoms. The summed E-state index contributed by atoms with van der Waals surface area (Å²) in [4.78, 5) is 16.2. The highest BCUT2D eigenvalue weighted by atomic mass is 32.2. The number of nitrogens with zero attached hydrogens (tertiary/aromatic N) is 7. The van der Waals surface area contributed by atoms with Gasteiger partial charge in [0.2, 0.25) is 5.13 Å². The number of aromatic nitrogens is 4. The number of nitriles is 1. The first kappa shape index (κ1) is 35.0. The van der Waals surface area contributed by atoms with Crippen molar-refractivity contribution in [3.63, 3.8) is 0 Å². The molecule has 1 fully saturated rings. The van der Waals surface area contributed by atoms with E-state index in [4.69, 9.17) is 14.2 Å². The summed E-state index contributed by atoms with van der Waals surface area (Å²) in [6.45, 7) is -0.0708. The summed E-state index contributed by atoms with van der Waals surface area (Å²) < 4.78 is 92.9. The van der Waals surface area contributed by atoms with Gasteiger partial charge in [-0.3, -0.25) is 4.68 Å². The highest BCUT2D eigenvalue weighted by Crippen LogP contribution is 2.41. The second-order valence-corrected chi connectivity index (χ2v) is 13.6. The molecule has 1 saturated heterocycles. The van der Waals surface area contributed by atoms with Crippen molar-refractivity contribution in [1.29, 1.82) is 5.26 Å². The predicted octanol–water partition coefficient (Wildman–Crippen LogP) is 6.03. The molecule has 51 heavy (non-hydrogen) atoms. The van der Waals surface area contributed by atoms with E-state index in [2.05, 4.69) is 14.5 Å². The van der Waals surface area contributed by atoms with Crippen LogP contribution in [0.2, 0.25) is 0 Å². The molecule has 0 unspecified atom stereocenters. The van der Waals surface area contributed by atoms with E-state index in [9.17, 15) is 36.8 Å². The molecule has 1 aliphatic rings. The van der Waals surface area contributed by atoms with Gasteiger partial charge in [-0.1, -0.05) is 0 Å². The number of anilines is 1. The molecule has 19 heteroatoms. The van der Waals surface area contributed by atoms with Gasteiger partial charge in [0.1, 0.15) is 35.4 Å². The summed E-state index contributed by atoms with van der Waals surface area (Å²) in [5.74, 6) is 0.617. The first-order valence-corrected chi connectivity index (χ1v) is 17.0. The number of halogens is 3. The second kappa shape index (κ2) is 13.8. The van der Waals surface area contributed by atoms with E-state index < -0.39 is 33.9 Å². The third-order valence-corrected chi connectivity index (χ3v) is 10.5. The van der Waals surface area contributed by atoms with E-state index >= 15 is 0 Å². The lowest BCUT2D eigenvalue weighted by atomic mass is 10.0. The van der Waals surface area contributed by atoms with Gasteiger partial charge >= 0.3 is 12.3 Å². The van der Waals surface area contributed by atoms with Crippen LogP contribution < -0.4 is 18.5 Å². The predicted molar refractivity (Wildman–Crippen MR) is 175 cm³/mol. The summed E-state index contributed by atoms with van der Waals surface area (Å²) in [6.07, 6.45) is -3.28. The Morgan fingerprint density at radius 1 is 1.06 bits per heavy atom. The van der Waals surface area contributed by atoms with Gasteiger partial charge in [-0.2, -0.15) is 27.9 Å². The number of hydrogen-bond acceptors (Lipinski definition) is 11. The SMILES string of the molecule is COc1ccc(CN(c2ncns2)S(=O)(=O)c2ccc(Oc3ccc(C(F)(F)F)cc3-c3ccnn3C3CN(C(=O)O)C3)c(C#N)c2)c(OC)c1. The molecular formula is C32H26F3N7O7S2. The number of carboxylic acid groups (broad SMARTS) is 1. The van der Waals surface area contributed by atoms with Crippen LogP contribution in [0.25, 0.3) is 11.3 Å². The molecule has 2 aromatic heterocycles. The van der Waals surface area contributed by atoms with Crippen LogP contribution in [0, 0.1) is 11.3 Å². The zero-order valence-corrected chi connectivity index (χ0v) is 28.2. The molecule has 3 aromatic carbocycles. The Morgan fingerprint density at radius 2 is 1.82 bits per heavy atom. The van der Waals surface area contributed by atoms with Crippen molar-refractivity contribution in [2.75, 3.05) is 31.6 Å². The average Bonchev–Trinajstić information content (AvgIpc) is 3.79. The molecule has 264 valence electrons. The number of likely N-dealkylation sites (tertiary alicyclic amines) is 1. The number of sulfonamides is 1. The molecule has 5 aromatic rings. The molecule has 6 rings (SSSR count). The standard InChI is InChI=1S/C32H26F3N7O7S2/c1-47-23-5-3-19(29(13-23)48-2)15-41(30-37-18-39-50-30)51(45,46)24-6-8-27(20(11-24)14-36)49-28-7-4-21(32(33,34)35)12-25(28)26-9-10-38-42(26)22-16-40(17-22)31(43)44/h3-13,18,22H,15-17H2,1-2H3,(H,43,44). The van der Waals surface area contributed by atoms with E-state index in [0.29, 0.717) is 17.1 Å². The van der Waals surface area contributed by atoms with Crippen molar-refractivity contribution in [3.05, 3.63) is 89.9 Å². The average molecular weight is 742 g/mol. The molecule has 14 nitrogen and oxygen atoms in total. The normalized spacial score (nSPS) is 13.3. The molecular weight excluding hydrogens is 716 g/mol. The van der Waals surface area contributed by atoms with Crippen LogP contribution in [-0.2, 0) is 22.7 Å². The van der Waals surface area contributed by atoms with Crippen molar-refractivity contribution < 1.29 is 45.7 Å². The van der Waals surface area contributed by atoms with Crippen LogP contribution in [0.15, 0.2) is 78.1 Å². The lowest BCUT2D eigenvalue weighted by Gasteiger charge is -2.37. The summed E-state index contributed by atoms with van der Waals surface area (Å²) in [5.41, 5.74) is -0.557. The van der Waals surface area contributed by atoms with Gasteiger partial charge in [-0.15, -0.1) is 0 Å². The minimum atomic E-state index is -4.71. The van der Waals surface area contributed by atoms with Crippen LogP contribution in [-0.4, -0.2) is 71.0 Å². The zero-order chi connectivity index (χ0) is 36.5. The van der Waals surface area contributed by atoms with Crippen molar-refractivity contribution in [2.24, 2.45) is 0 Å². The minimum absolute atomic E-state index is 0.0347. The number of hydrogen-bond donors (Lipinski definition) is 1. The Morgan fingerprint density at radius 3 is 2.47 bits per heavy atom. The van der Waals surface area contributed by atoms with Gasteiger partial charge in [0.15, 0.2) is 0 Å².